The van der Waals surface area contributed by atoms with Gasteiger partial charge in [0.1, 0.15) is 0 Å². The number of rotatable bonds is 12. The Morgan fingerprint density at radius 1 is 1.00 bits per heavy atom. The normalized spacial score (nSPS) is 17.3. The SMILES string of the molecule is COC(CO[Si](CCCNC1CCCCC1)(OC)OC)OC. The van der Waals surface area contributed by atoms with Crippen LogP contribution in [0.25, 0.3) is 0 Å². The van der Waals surface area contributed by atoms with Gasteiger partial charge in [-0.05, 0) is 25.8 Å². The molecular formula is C15H33NO5Si. The molecular weight excluding hydrogens is 302 g/mol. The van der Waals surface area contributed by atoms with Crippen LogP contribution in [0.2, 0.25) is 6.04 Å². The van der Waals surface area contributed by atoms with Crippen LogP contribution >= 0.6 is 0 Å². The van der Waals surface area contributed by atoms with E-state index in [0.717, 1.165) is 19.0 Å². The van der Waals surface area contributed by atoms with Crippen LogP contribution in [0, 0.1) is 0 Å². The third-order valence-corrected chi connectivity index (χ3v) is 7.10. The van der Waals surface area contributed by atoms with Gasteiger partial charge in [-0.15, -0.1) is 0 Å². The minimum Gasteiger partial charge on any atom is -0.377 e. The van der Waals surface area contributed by atoms with Gasteiger partial charge < -0.3 is 28.1 Å². The Labute approximate surface area is 136 Å². The second kappa shape index (κ2) is 11.5. The van der Waals surface area contributed by atoms with E-state index in [9.17, 15) is 0 Å². The summed E-state index contributed by atoms with van der Waals surface area (Å²) in [6.45, 7) is 1.30. The predicted octanol–water partition coefficient (Wildman–Crippen LogP) is 2.17. The van der Waals surface area contributed by atoms with Crippen molar-refractivity contribution in [3.63, 3.8) is 0 Å². The second-order valence-corrected chi connectivity index (χ2v) is 8.67. The molecule has 0 aromatic heterocycles. The quantitative estimate of drug-likeness (QED) is 0.335. The van der Waals surface area contributed by atoms with Crippen LogP contribution in [0.5, 0.6) is 0 Å². The zero-order chi connectivity index (χ0) is 16.3. The molecule has 7 heteroatoms. The predicted molar refractivity (Wildman–Crippen MR) is 87.8 cm³/mol. The molecule has 0 spiro atoms. The first-order valence-electron chi connectivity index (χ1n) is 8.23. The maximum atomic E-state index is 5.88. The molecule has 0 amide bonds. The number of hydrogen-bond donors (Lipinski definition) is 1. The van der Waals surface area contributed by atoms with Gasteiger partial charge in [0.25, 0.3) is 0 Å². The molecule has 0 atom stereocenters. The highest BCUT2D eigenvalue weighted by Gasteiger charge is 2.39. The summed E-state index contributed by atoms with van der Waals surface area (Å²) in [5, 5.41) is 3.64. The van der Waals surface area contributed by atoms with Crippen molar-refractivity contribution in [2.45, 2.75) is 56.9 Å². The molecule has 6 nitrogen and oxygen atoms in total. The zero-order valence-corrected chi connectivity index (χ0v) is 15.6. The first-order valence-corrected chi connectivity index (χ1v) is 10.2. The van der Waals surface area contributed by atoms with E-state index in [1.807, 2.05) is 0 Å². The molecule has 1 aliphatic carbocycles. The average molecular weight is 336 g/mol. The van der Waals surface area contributed by atoms with E-state index >= 15 is 0 Å². The van der Waals surface area contributed by atoms with Gasteiger partial charge in [0, 0.05) is 40.5 Å². The fourth-order valence-corrected chi connectivity index (χ4v) is 4.78. The van der Waals surface area contributed by atoms with Gasteiger partial charge in [0.2, 0.25) is 0 Å². The Morgan fingerprint density at radius 2 is 1.64 bits per heavy atom. The Bertz CT molecular complexity index is 269. The Kier molecular flexibility index (Phi) is 10.5. The second-order valence-electron chi connectivity index (χ2n) is 5.70. The van der Waals surface area contributed by atoms with E-state index in [4.69, 9.17) is 22.8 Å². The Morgan fingerprint density at radius 3 is 2.18 bits per heavy atom. The van der Waals surface area contributed by atoms with Crippen LogP contribution in [0.1, 0.15) is 38.5 Å². The van der Waals surface area contributed by atoms with Crippen molar-refractivity contribution >= 4 is 8.80 Å². The van der Waals surface area contributed by atoms with Gasteiger partial charge >= 0.3 is 8.80 Å². The monoisotopic (exact) mass is 335 g/mol. The van der Waals surface area contributed by atoms with Gasteiger partial charge in [-0.3, -0.25) is 0 Å². The summed E-state index contributed by atoms with van der Waals surface area (Å²) in [5.41, 5.74) is 0. The molecule has 1 aliphatic rings. The standard InChI is InChI=1S/C15H33NO5Si/c1-17-15(18-2)13-21-22(19-3,20-4)12-8-11-16-14-9-6-5-7-10-14/h14-16H,5-13H2,1-4H3. The highest BCUT2D eigenvalue weighted by atomic mass is 28.4. The molecule has 0 radical (unpaired) electrons. The summed E-state index contributed by atoms with van der Waals surface area (Å²) >= 11 is 0. The van der Waals surface area contributed by atoms with Crippen molar-refractivity contribution in [3.8, 4) is 0 Å². The lowest BCUT2D eigenvalue weighted by atomic mass is 9.95. The first kappa shape index (κ1) is 20.0. The molecule has 1 N–H and O–H groups in total. The van der Waals surface area contributed by atoms with Crippen molar-refractivity contribution in [2.24, 2.45) is 0 Å². The average Bonchev–Trinajstić information content (AvgIpc) is 2.59. The van der Waals surface area contributed by atoms with Crippen LogP contribution in [0.3, 0.4) is 0 Å². The van der Waals surface area contributed by atoms with Crippen LogP contribution in [-0.4, -0.2) is 62.7 Å². The summed E-state index contributed by atoms with van der Waals surface area (Å²) in [6, 6.07) is 1.47. The molecule has 0 aliphatic heterocycles. The topological polar surface area (TPSA) is 58.2 Å². The summed E-state index contributed by atoms with van der Waals surface area (Å²) in [7, 11) is 3.86. The molecule has 0 saturated heterocycles. The van der Waals surface area contributed by atoms with Crippen LogP contribution in [0.4, 0.5) is 0 Å². The van der Waals surface area contributed by atoms with E-state index < -0.39 is 15.1 Å². The molecule has 1 fully saturated rings. The van der Waals surface area contributed by atoms with Crippen molar-refractivity contribution in [1.29, 1.82) is 0 Å². The number of nitrogens with one attached hydrogen (secondary N) is 1. The summed E-state index contributed by atoms with van der Waals surface area (Å²) in [6.07, 6.45) is 7.28. The smallest absolute Gasteiger partial charge is 0.377 e. The molecule has 1 rings (SSSR count). The zero-order valence-electron chi connectivity index (χ0n) is 14.6. The molecule has 0 aromatic rings. The lowest BCUT2D eigenvalue weighted by molar-refractivity contribution is -0.131. The number of ether oxygens (including phenoxy) is 2. The van der Waals surface area contributed by atoms with Gasteiger partial charge in [-0.25, -0.2) is 0 Å². The molecule has 1 saturated carbocycles. The Balaban J connectivity index is 2.28. The first-order chi connectivity index (χ1) is 10.7. The largest absolute Gasteiger partial charge is 0.500 e. The van der Waals surface area contributed by atoms with Gasteiger partial charge in [0.05, 0.1) is 6.61 Å². The van der Waals surface area contributed by atoms with E-state index in [0.29, 0.717) is 12.6 Å². The fourth-order valence-electron chi connectivity index (χ4n) is 2.82. The molecule has 0 heterocycles. The molecule has 22 heavy (non-hydrogen) atoms. The van der Waals surface area contributed by atoms with Crippen LogP contribution in [-0.2, 0) is 22.8 Å². The van der Waals surface area contributed by atoms with E-state index in [1.165, 1.54) is 32.1 Å². The van der Waals surface area contributed by atoms with Gasteiger partial charge in [-0.1, -0.05) is 19.3 Å². The highest BCUT2D eigenvalue weighted by Crippen LogP contribution is 2.19. The van der Waals surface area contributed by atoms with E-state index in [1.54, 1.807) is 28.4 Å². The van der Waals surface area contributed by atoms with Crippen molar-refractivity contribution in [2.75, 3.05) is 41.6 Å². The van der Waals surface area contributed by atoms with Gasteiger partial charge in [-0.2, -0.15) is 0 Å². The maximum Gasteiger partial charge on any atom is 0.500 e. The third kappa shape index (κ3) is 7.04. The van der Waals surface area contributed by atoms with E-state index in [-0.39, 0.29) is 0 Å². The Hall–Kier alpha value is -0.0231. The summed E-state index contributed by atoms with van der Waals surface area (Å²) in [4.78, 5) is 0. The molecule has 0 unspecified atom stereocenters. The third-order valence-electron chi connectivity index (χ3n) is 4.29. The maximum absolute atomic E-state index is 5.88. The van der Waals surface area contributed by atoms with Crippen LogP contribution in [0.15, 0.2) is 0 Å². The molecule has 132 valence electrons. The van der Waals surface area contributed by atoms with Crippen LogP contribution < -0.4 is 5.32 Å². The lowest BCUT2D eigenvalue weighted by Crippen LogP contribution is -2.46. The minimum atomic E-state index is -2.63. The molecule has 0 bridgehead atoms. The number of methoxy groups -OCH3 is 2. The fraction of sp³-hybridized carbons (Fsp3) is 1.00. The van der Waals surface area contributed by atoms with E-state index in [2.05, 4.69) is 5.32 Å². The highest BCUT2D eigenvalue weighted by molar-refractivity contribution is 6.60. The number of hydrogen-bond acceptors (Lipinski definition) is 6. The molecule has 0 aromatic carbocycles. The van der Waals surface area contributed by atoms with Crippen molar-refractivity contribution in [3.05, 3.63) is 0 Å². The lowest BCUT2D eigenvalue weighted by Gasteiger charge is -2.28. The summed E-state index contributed by atoms with van der Waals surface area (Å²) < 4.78 is 27.3. The summed E-state index contributed by atoms with van der Waals surface area (Å²) in [5.74, 6) is 0. The minimum absolute atomic E-state index is 0.316. The van der Waals surface area contributed by atoms with Gasteiger partial charge in [0.15, 0.2) is 6.29 Å². The van der Waals surface area contributed by atoms with Crippen molar-refractivity contribution < 1.29 is 22.8 Å². The van der Waals surface area contributed by atoms with Crippen molar-refractivity contribution in [1.82, 2.24) is 5.32 Å².